The molecule has 0 radical (unpaired) electrons. The highest BCUT2D eigenvalue weighted by Gasteiger charge is 2.16. The Bertz CT molecular complexity index is 250. The van der Waals surface area contributed by atoms with E-state index >= 15 is 0 Å². The molecular formula is C8H10FNO2. The van der Waals surface area contributed by atoms with Crippen LogP contribution < -0.4 is 6.15 Å². The maximum Gasteiger partial charge on any atom is 0.343 e. The first-order chi connectivity index (χ1) is 5.22. The van der Waals surface area contributed by atoms with Crippen LogP contribution in [-0.4, -0.2) is 11.1 Å². The fourth-order valence-corrected chi connectivity index (χ4v) is 0.765. The molecule has 0 bridgehead atoms. The first-order valence-corrected chi connectivity index (χ1v) is 3.13. The predicted octanol–water partition coefficient (Wildman–Crippen LogP) is 1.94. The third kappa shape index (κ3) is 2.32. The van der Waals surface area contributed by atoms with Crippen LogP contribution in [0.5, 0.6) is 0 Å². The second kappa shape index (κ2) is 4.46. The van der Waals surface area contributed by atoms with E-state index in [1.807, 2.05) is 0 Å². The van der Waals surface area contributed by atoms with Crippen molar-refractivity contribution in [3.05, 3.63) is 35.9 Å². The molecule has 0 amide bonds. The largest absolute Gasteiger partial charge is 0.479 e. The minimum absolute atomic E-state index is 0. The van der Waals surface area contributed by atoms with Crippen LogP contribution in [0.3, 0.4) is 0 Å². The van der Waals surface area contributed by atoms with E-state index in [1.165, 1.54) is 12.1 Å². The number of aliphatic carboxylic acids is 1. The van der Waals surface area contributed by atoms with Gasteiger partial charge in [-0.1, -0.05) is 30.3 Å². The lowest BCUT2D eigenvalue weighted by Crippen LogP contribution is -2.05. The number of rotatable bonds is 2. The third-order valence-electron chi connectivity index (χ3n) is 1.31. The summed E-state index contributed by atoms with van der Waals surface area (Å²) in [7, 11) is 0. The van der Waals surface area contributed by atoms with Crippen LogP contribution in [-0.2, 0) is 4.79 Å². The Hall–Kier alpha value is -1.42. The van der Waals surface area contributed by atoms with Crippen LogP contribution in [0.4, 0.5) is 4.39 Å². The van der Waals surface area contributed by atoms with Crippen molar-refractivity contribution in [2.24, 2.45) is 0 Å². The summed E-state index contributed by atoms with van der Waals surface area (Å²) in [5.74, 6) is -1.45. The molecule has 1 unspecified atom stereocenters. The summed E-state index contributed by atoms with van der Waals surface area (Å²) >= 11 is 0. The summed E-state index contributed by atoms with van der Waals surface area (Å²) in [4.78, 5) is 10.1. The molecule has 1 aromatic carbocycles. The molecule has 4 heteroatoms. The average molecular weight is 171 g/mol. The molecule has 4 N–H and O–H groups in total. The molecule has 1 atom stereocenters. The average Bonchev–Trinajstić information content (AvgIpc) is 2.05. The van der Waals surface area contributed by atoms with E-state index in [-0.39, 0.29) is 11.7 Å². The standard InChI is InChI=1S/C8H7FO2.H3N/c9-7(8(10)11)6-4-2-1-3-5-6;/h1-5,7H,(H,10,11);1H3. The first kappa shape index (κ1) is 10.6. The quantitative estimate of drug-likeness (QED) is 0.714. The van der Waals surface area contributed by atoms with Gasteiger partial charge in [-0.05, 0) is 5.56 Å². The van der Waals surface area contributed by atoms with E-state index in [0.717, 1.165) is 0 Å². The van der Waals surface area contributed by atoms with E-state index in [2.05, 4.69) is 0 Å². The topological polar surface area (TPSA) is 72.3 Å². The van der Waals surface area contributed by atoms with Crippen LogP contribution in [0.15, 0.2) is 30.3 Å². The van der Waals surface area contributed by atoms with Crippen LogP contribution in [0.25, 0.3) is 0 Å². The molecule has 0 fully saturated rings. The first-order valence-electron chi connectivity index (χ1n) is 3.13. The van der Waals surface area contributed by atoms with Crippen molar-refractivity contribution in [1.29, 1.82) is 0 Å². The summed E-state index contributed by atoms with van der Waals surface area (Å²) in [5, 5.41) is 8.26. The lowest BCUT2D eigenvalue weighted by atomic mass is 10.1. The monoisotopic (exact) mass is 171 g/mol. The molecule has 0 heterocycles. The van der Waals surface area contributed by atoms with Crippen LogP contribution in [0.2, 0.25) is 0 Å². The minimum atomic E-state index is -1.91. The number of halogens is 1. The van der Waals surface area contributed by atoms with Gasteiger partial charge in [0.1, 0.15) is 0 Å². The second-order valence-corrected chi connectivity index (χ2v) is 2.11. The zero-order chi connectivity index (χ0) is 8.27. The molecule has 0 saturated carbocycles. The van der Waals surface area contributed by atoms with E-state index in [9.17, 15) is 9.18 Å². The zero-order valence-corrected chi connectivity index (χ0v) is 6.40. The highest BCUT2D eigenvalue weighted by molar-refractivity contribution is 5.74. The van der Waals surface area contributed by atoms with E-state index < -0.39 is 12.1 Å². The molecule has 66 valence electrons. The van der Waals surface area contributed by atoms with Crippen LogP contribution in [0.1, 0.15) is 11.7 Å². The molecule has 0 spiro atoms. The van der Waals surface area contributed by atoms with Gasteiger partial charge in [0.15, 0.2) is 0 Å². The normalized spacial score (nSPS) is 11.4. The van der Waals surface area contributed by atoms with Gasteiger partial charge in [0.25, 0.3) is 0 Å². The smallest absolute Gasteiger partial charge is 0.343 e. The number of carboxylic acid groups (broad SMARTS) is 1. The summed E-state index contributed by atoms with van der Waals surface area (Å²) in [6.45, 7) is 0. The van der Waals surface area contributed by atoms with Crippen molar-refractivity contribution in [2.45, 2.75) is 6.17 Å². The molecule has 0 aliphatic carbocycles. The van der Waals surface area contributed by atoms with Crippen molar-refractivity contribution < 1.29 is 14.3 Å². The Kier molecular flexibility index (Phi) is 3.93. The molecule has 0 saturated heterocycles. The molecule has 0 aliphatic rings. The lowest BCUT2D eigenvalue weighted by Gasteiger charge is -2.00. The summed E-state index contributed by atoms with van der Waals surface area (Å²) in [6, 6.07) is 7.80. The third-order valence-corrected chi connectivity index (χ3v) is 1.31. The Morgan fingerprint density at radius 3 is 2.25 bits per heavy atom. The lowest BCUT2D eigenvalue weighted by molar-refractivity contribution is -0.143. The molecule has 12 heavy (non-hydrogen) atoms. The number of hydrogen-bond acceptors (Lipinski definition) is 2. The second-order valence-electron chi connectivity index (χ2n) is 2.11. The van der Waals surface area contributed by atoms with E-state index in [1.54, 1.807) is 18.2 Å². The van der Waals surface area contributed by atoms with E-state index in [0.29, 0.717) is 0 Å². The number of hydrogen-bond donors (Lipinski definition) is 2. The number of benzene rings is 1. The molecule has 0 aromatic heterocycles. The predicted molar refractivity (Wildman–Crippen MR) is 42.9 cm³/mol. The van der Waals surface area contributed by atoms with Gasteiger partial charge in [-0.3, -0.25) is 0 Å². The van der Waals surface area contributed by atoms with Crippen molar-refractivity contribution in [2.75, 3.05) is 0 Å². The van der Waals surface area contributed by atoms with Crippen molar-refractivity contribution in [1.82, 2.24) is 6.15 Å². The molecule has 1 rings (SSSR count). The van der Waals surface area contributed by atoms with Gasteiger partial charge in [0.05, 0.1) is 0 Å². The Labute approximate surface area is 69.4 Å². The Morgan fingerprint density at radius 1 is 1.33 bits per heavy atom. The van der Waals surface area contributed by atoms with Gasteiger partial charge in [0.2, 0.25) is 6.17 Å². The number of carboxylic acids is 1. The van der Waals surface area contributed by atoms with Crippen LogP contribution >= 0.6 is 0 Å². The van der Waals surface area contributed by atoms with Gasteiger partial charge < -0.3 is 11.3 Å². The maximum absolute atomic E-state index is 12.7. The summed E-state index contributed by atoms with van der Waals surface area (Å²) in [6.07, 6.45) is -1.91. The summed E-state index contributed by atoms with van der Waals surface area (Å²) < 4.78 is 12.7. The summed E-state index contributed by atoms with van der Waals surface area (Å²) in [5.41, 5.74) is 0.181. The highest BCUT2D eigenvalue weighted by Crippen LogP contribution is 2.15. The van der Waals surface area contributed by atoms with Crippen molar-refractivity contribution >= 4 is 5.97 Å². The Balaban J connectivity index is 0.00000121. The molecule has 0 aliphatic heterocycles. The SMILES string of the molecule is N.O=C(O)C(F)c1ccccc1. The number of carbonyl (C=O) groups is 1. The van der Waals surface area contributed by atoms with Gasteiger partial charge in [-0.2, -0.15) is 0 Å². The molecular weight excluding hydrogens is 161 g/mol. The Morgan fingerprint density at radius 2 is 1.83 bits per heavy atom. The van der Waals surface area contributed by atoms with Gasteiger partial charge in [0, 0.05) is 0 Å². The van der Waals surface area contributed by atoms with Gasteiger partial charge >= 0.3 is 5.97 Å². The van der Waals surface area contributed by atoms with E-state index in [4.69, 9.17) is 5.11 Å². The van der Waals surface area contributed by atoms with Gasteiger partial charge in [-0.25, -0.2) is 9.18 Å². The molecule has 3 nitrogen and oxygen atoms in total. The molecule has 1 aromatic rings. The maximum atomic E-state index is 12.7. The van der Waals surface area contributed by atoms with Crippen molar-refractivity contribution in [3.8, 4) is 0 Å². The van der Waals surface area contributed by atoms with Crippen molar-refractivity contribution in [3.63, 3.8) is 0 Å². The highest BCUT2D eigenvalue weighted by atomic mass is 19.1. The van der Waals surface area contributed by atoms with Gasteiger partial charge in [-0.15, -0.1) is 0 Å². The zero-order valence-electron chi connectivity index (χ0n) is 6.40. The fourth-order valence-electron chi connectivity index (χ4n) is 0.765. The number of alkyl halides is 1. The minimum Gasteiger partial charge on any atom is -0.479 e. The van der Waals surface area contributed by atoms with Crippen LogP contribution in [0, 0.1) is 0 Å². The fraction of sp³-hybridized carbons (Fsp3) is 0.125.